The molecule has 4 unspecified atom stereocenters. The second kappa shape index (κ2) is 6.02. The van der Waals surface area contributed by atoms with Crippen molar-refractivity contribution in [3.05, 3.63) is 30.1 Å². The van der Waals surface area contributed by atoms with E-state index in [1.165, 1.54) is 12.1 Å². The van der Waals surface area contributed by atoms with Gasteiger partial charge in [0.2, 0.25) is 0 Å². The Balaban J connectivity index is 1.46. The van der Waals surface area contributed by atoms with E-state index in [2.05, 4.69) is 5.32 Å². The first-order valence-electron chi connectivity index (χ1n) is 7.49. The van der Waals surface area contributed by atoms with Crippen LogP contribution >= 0.6 is 0 Å². The predicted molar refractivity (Wildman–Crippen MR) is 75.6 cm³/mol. The summed E-state index contributed by atoms with van der Waals surface area (Å²) in [5.74, 6) is 0.228. The Bertz CT molecular complexity index is 505. The molecule has 3 rings (SSSR count). The summed E-state index contributed by atoms with van der Waals surface area (Å²) in [4.78, 5) is 11.4. The normalized spacial score (nSPS) is 30.5. The second-order valence-corrected chi connectivity index (χ2v) is 5.98. The van der Waals surface area contributed by atoms with Crippen LogP contribution in [-0.4, -0.2) is 30.3 Å². The maximum Gasteiger partial charge on any atom is 0.308 e. The van der Waals surface area contributed by atoms with E-state index in [-0.39, 0.29) is 17.8 Å². The Labute approximate surface area is 123 Å². The molecule has 2 N–H and O–H groups in total. The fraction of sp³-hybridized carbons (Fsp3) is 0.562. The number of fused-ring (bicyclic) bond motifs is 2. The minimum Gasteiger partial charge on any atom is -0.492 e. The lowest BCUT2D eigenvalue weighted by Crippen LogP contribution is -2.45. The van der Waals surface area contributed by atoms with Gasteiger partial charge < -0.3 is 15.2 Å². The van der Waals surface area contributed by atoms with Crippen LogP contribution in [0.3, 0.4) is 0 Å². The molecular weight excluding hydrogens is 273 g/mol. The smallest absolute Gasteiger partial charge is 0.308 e. The summed E-state index contributed by atoms with van der Waals surface area (Å²) in [5, 5.41) is 12.7. The third-order valence-corrected chi connectivity index (χ3v) is 4.77. The Kier molecular flexibility index (Phi) is 4.10. The van der Waals surface area contributed by atoms with Crippen LogP contribution in [-0.2, 0) is 4.79 Å². The molecule has 0 aromatic heterocycles. The number of nitrogens with one attached hydrogen (secondary N) is 1. The molecule has 21 heavy (non-hydrogen) atoms. The molecular formula is C16H20FNO3. The monoisotopic (exact) mass is 293 g/mol. The molecule has 0 saturated heterocycles. The van der Waals surface area contributed by atoms with Crippen LogP contribution in [0, 0.1) is 23.6 Å². The van der Waals surface area contributed by atoms with Gasteiger partial charge in [-0.25, -0.2) is 4.39 Å². The average molecular weight is 293 g/mol. The molecule has 4 atom stereocenters. The Morgan fingerprint density at radius 2 is 2.00 bits per heavy atom. The van der Waals surface area contributed by atoms with Gasteiger partial charge in [-0.05, 0) is 55.4 Å². The van der Waals surface area contributed by atoms with Crippen molar-refractivity contribution in [2.45, 2.75) is 25.3 Å². The number of hydrogen-bond donors (Lipinski definition) is 2. The van der Waals surface area contributed by atoms with Crippen molar-refractivity contribution in [3.63, 3.8) is 0 Å². The Morgan fingerprint density at radius 3 is 2.71 bits per heavy atom. The van der Waals surface area contributed by atoms with Crippen LogP contribution in [0.25, 0.3) is 0 Å². The molecule has 2 fully saturated rings. The molecule has 114 valence electrons. The highest BCUT2D eigenvalue weighted by Gasteiger charge is 2.50. The van der Waals surface area contributed by atoms with Crippen molar-refractivity contribution in [3.8, 4) is 5.75 Å². The van der Waals surface area contributed by atoms with E-state index in [0.717, 1.165) is 19.3 Å². The lowest BCUT2D eigenvalue weighted by molar-refractivity contribution is -0.144. The van der Waals surface area contributed by atoms with Crippen molar-refractivity contribution in [2.24, 2.45) is 17.8 Å². The molecule has 0 radical (unpaired) electrons. The SMILES string of the molecule is O=C(O)C1C2CCC(C2)C1NCCOc1ccc(F)cc1. The van der Waals surface area contributed by atoms with Gasteiger partial charge in [-0.3, -0.25) is 4.79 Å². The van der Waals surface area contributed by atoms with Crippen molar-refractivity contribution in [2.75, 3.05) is 13.2 Å². The zero-order valence-corrected chi connectivity index (χ0v) is 11.8. The highest BCUT2D eigenvalue weighted by Crippen LogP contribution is 2.48. The largest absolute Gasteiger partial charge is 0.492 e. The molecule has 2 bridgehead atoms. The number of aliphatic carboxylic acids is 1. The van der Waals surface area contributed by atoms with Crippen LogP contribution in [0.1, 0.15) is 19.3 Å². The molecule has 1 aromatic rings. The zero-order chi connectivity index (χ0) is 14.8. The van der Waals surface area contributed by atoms with Crippen LogP contribution in [0.2, 0.25) is 0 Å². The van der Waals surface area contributed by atoms with Gasteiger partial charge in [0.15, 0.2) is 0 Å². The van der Waals surface area contributed by atoms with Gasteiger partial charge in [-0.1, -0.05) is 0 Å². The minimum absolute atomic E-state index is 0.0677. The number of rotatable bonds is 6. The highest BCUT2D eigenvalue weighted by atomic mass is 19.1. The van der Waals surface area contributed by atoms with Crippen LogP contribution < -0.4 is 10.1 Å². The number of carboxylic acids is 1. The fourth-order valence-corrected chi connectivity index (χ4v) is 3.87. The summed E-state index contributed by atoms with van der Waals surface area (Å²) < 4.78 is 18.3. The maximum absolute atomic E-state index is 12.8. The Hall–Kier alpha value is -1.62. The van der Waals surface area contributed by atoms with E-state index < -0.39 is 5.97 Å². The molecule has 0 amide bonds. The van der Waals surface area contributed by atoms with Crippen molar-refractivity contribution >= 4 is 5.97 Å². The number of benzene rings is 1. The second-order valence-electron chi connectivity index (χ2n) is 5.98. The van der Waals surface area contributed by atoms with Gasteiger partial charge in [0, 0.05) is 12.6 Å². The van der Waals surface area contributed by atoms with Gasteiger partial charge in [-0.15, -0.1) is 0 Å². The standard InChI is InChI=1S/C16H20FNO3/c17-12-3-5-13(6-4-12)21-8-7-18-15-11-2-1-10(9-11)14(15)16(19)20/h3-6,10-11,14-15,18H,1-2,7-9H2,(H,19,20). The number of carboxylic acid groups (broad SMARTS) is 1. The third-order valence-electron chi connectivity index (χ3n) is 4.77. The van der Waals surface area contributed by atoms with Crippen LogP contribution in [0.4, 0.5) is 4.39 Å². The topological polar surface area (TPSA) is 58.6 Å². The van der Waals surface area contributed by atoms with Crippen LogP contribution in [0.15, 0.2) is 24.3 Å². The molecule has 2 aliphatic carbocycles. The minimum atomic E-state index is -0.681. The van der Waals surface area contributed by atoms with Gasteiger partial charge >= 0.3 is 5.97 Å². The first kappa shape index (κ1) is 14.3. The predicted octanol–water partition coefficient (Wildman–Crippen LogP) is 2.29. The number of hydrogen-bond acceptors (Lipinski definition) is 3. The Morgan fingerprint density at radius 1 is 1.29 bits per heavy atom. The van der Waals surface area contributed by atoms with Gasteiger partial charge in [0.1, 0.15) is 18.2 Å². The number of carbonyl (C=O) groups is 1. The maximum atomic E-state index is 12.8. The molecule has 5 heteroatoms. The summed E-state index contributed by atoms with van der Waals surface area (Å²) >= 11 is 0. The third kappa shape index (κ3) is 3.02. The van der Waals surface area contributed by atoms with Crippen molar-refractivity contribution in [1.82, 2.24) is 5.32 Å². The lowest BCUT2D eigenvalue weighted by Gasteiger charge is -2.29. The van der Waals surface area contributed by atoms with E-state index >= 15 is 0 Å². The van der Waals surface area contributed by atoms with Crippen molar-refractivity contribution < 1.29 is 19.0 Å². The molecule has 4 nitrogen and oxygen atoms in total. The summed E-state index contributed by atoms with van der Waals surface area (Å²) in [7, 11) is 0. The van der Waals surface area contributed by atoms with E-state index in [1.807, 2.05) is 0 Å². The fourth-order valence-electron chi connectivity index (χ4n) is 3.87. The van der Waals surface area contributed by atoms with E-state index in [9.17, 15) is 14.3 Å². The molecule has 2 aliphatic rings. The zero-order valence-electron chi connectivity index (χ0n) is 11.8. The first-order chi connectivity index (χ1) is 10.1. The van der Waals surface area contributed by atoms with E-state index in [0.29, 0.717) is 30.7 Å². The number of ether oxygens (including phenoxy) is 1. The van der Waals surface area contributed by atoms with Gasteiger partial charge in [0.05, 0.1) is 5.92 Å². The number of halogens is 1. The van der Waals surface area contributed by atoms with E-state index in [4.69, 9.17) is 4.74 Å². The molecule has 0 heterocycles. The lowest BCUT2D eigenvalue weighted by atomic mass is 9.84. The summed E-state index contributed by atoms with van der Waals surface area (Å²) in [6.45, 7) is 1.06. The molecule has 2 saturated carbocycles. The summed E-state index contributed by atoms with van der Waals surface area (Å²) in [5.41, 5.74) is 0. The molecule has 0 spiro atoms. The first-order valence-corrected chi connectivity index (χ1v) is 7.49. The molecule has 1 aromatic carbocycles. The summed E-state index contributed by atoms with van der Waals surface area (Å²) in [6.07, 6.45) is 3.21. The van der Waals surface area contributed by atoms with Crippen LogP contribution in [0.5, 0.6) is 5.75 Å². The quantitative estimate of drug-likeness (QED) is 0.790. The molecule has 0 aliphatic heterocycles. The van der Waals surface area contributed by atoms with Gasteiger partial charge in [-0.2, -0.15) is 0 Å². The summed E-state index contributed by atoms with van der Waals surface area (Å²) in [6, 6.07) is 5.97. The van der Waals surface area contributed by atoms with E-state index in [1.54, 1.807) is 12.1 Å². The average Bonchev–Trinajstić information content (AvgIpc) is 3.06. The highest BCUT2D eigenvalue weighted by molar-refractivity contribution is 5.72. The van der Waals surface area contributed by atoms with Gasteiger partial charge in [0.25, 0.3) is 0 Å². The van der Waals surface area contributed by atoms with Crippen molar-refractivity contribution in [1.29, 1.82) is 0 Å².